The first-order valence-corrected chi connectivity index (χ1v) is 9.76. The van der Waals surface area contributed by atoms with E-state index in [0.717, 1.165) is 12.8 Å². The smallest absolute Gasteiger partial charge is 0.0614 e. The zero-order chi connectivity index (χ0) is 17.4. The van der Waals surface area contributed by atoms with Crippen LogP contribution < -0.4 is 5.73 Å². The molecular weight excluding hydrogens is 294 g/mol. The Balaban J connectivity index is 1.89. The Kier molecular flexibility index (Phi) is 7.51. The molecule has 0 saturated heterocycles. The van der Waals surface area contributed by atoms with E-state index in [1.54, 1.807) is 0 Å². The molecule has 0 aliphatic heterocycles. The van der Waals surface area contributed by atoms with Gasteiger partial charge in [-0.05, 0) is 55.2 Å². The third-order valence-electron chi connectivity index (χ3n) is 5.45. The molecule has 2 atom stereocenters. The molecule has 2 heteroatoms. The number of aryl methyl sites for hydroxylation is 2. The molecule has 2 rings (SSSR count). The quantitative estimate of drug-likeness (QED) is 0.635. The molecule has 1 aliphatic rings. The van der Waals surface area contributed by atoms with Crippen molar-refractivity contribution in [2.24, 2.45) is 11.7 Å². The molecular formula is C22H35NO. The number of unbranched alkanes of at least 4 members (excludes halogenated alkanes) is 5. The van der Waals surface area contributed by atoms with Crippen LogP contribution in [0.2, 0.25) is 0 Å². The SMILES string of the molecule is CCCCCCCCc1ccc2c(c1)CCC([C@@](C)(N)CO)C=C2. The molecule has 134 valence electrons. The van der Waals surface area contributed by atoms with Crippen molar-refractivity contribution in [1.82, 2.24) is 0 Å². The summed E-state index contributed by atoms with van der Waals surface area (Å²) >= 11 is 0. The first-order valence-electron chi connectivity index (χ1n) is 9.76. The van der Waals surface area contributed by atoms with Gasteiger partial charge in [0.15, 0.2) is 0 Å². The molecule has 0 saturated carbocycles. The highest BCUT2D eigenvalue weighted by molar-refractivity contribution is 5.56. The summed E-state index contributed by atoms with van der Waals surface area (Å²) in [6.07, 6.45) is 15.7. The van der Waals surface area contributed by atoms with Gasteiger partial charge in [0.25, 0.3) is 0 Å². The largest absolute Gasteiger partial charge is 0.394 e. The Morgan fingerprint density at radius 1 is 1.17 bits per heavy atom. The summed E-state index contributed by atoms with van der Waals surface area (Å²) in [6.45, 7) is 4.24. The van der Waals surface area contributed by atoms with Crippen molar-refractivity contribution in [3.8, 4) is 0 Å². The monoisotopic (exact) mass is 329 g/mol. The molecule has 0 bridgehead atoms. The summed E-state index contributed by atoms with van der Waals surface area (Å²) in [5.41, 5.74) is 9.93. The number of benzene rings is 1. The summed E-state index contributed by atoms with van der Waals surface area (Å²) in [4.78, 5) is 0. The molecule has 0 aromatic heterocycles. The number of hydrogen-bond donors (Lipinski definition) is 2. The van der Waals surface area contributed by atoms with Crippen LogP contribution in [-0.2, 0) is 12.8 Å². The van der Waals surface area contributed by atoms with E-state index >= 15 is 0 Å². The van der Waals surface area contributed by atoms with E-state index in [1.807, 2.05) is 6.92 Å². The second kappa shape index (κ2) is 9.39. The maximum Gasteiger partial charge on any atom is 0.0614 e. The predicted octanol–water partition coefficient (Wildman–Crippen LogP) is 4.87. The number of fused-ring (bicyclic) bond motifs is 1. The van der Waals surface area contributed by atoms with Crippen LogP contribution in [-0.4, -0.2) is 17.3 Å². The van der Waals surface area contributed by atoms with Crippen molar-refractivity contribution in [1.29, 1.82) is 0 Å². The summed E-state index contributed by atoms with van der Waals surface area (Å²) in [5.74, 6) is 0.233. The second-order valence-corrected chi connectivity index (χ2v) is 7.72. The van der Waals surface area contributed by atoms with Gasteiger partial charge in [-0.25, -0.2) is 0 Å². The van der Waals surface area contributed by atoms with E-state index in [1.165, 1.54) is 61.6 Å². The normalized spacial score (nSPS) is 19.6. The third kappa shape index (κ3) is 5.46. The Bertz CT molecular complexity index is 533. The average Bonchev–Trinajstić information content (AvgIpc) is 2.80. The van der Waals surface area contributed by atoms with Crippen LogP contribution in [0, 0.1) is 5.92 Å². The van der Waals surface area contributed by atoms with Gasteiger partial charge < -0.3 is 10.8 Å². The summed E-state index contributed by atoms with van der Waals surface area (Å²) < 4.78 is 0. The van der Waals surface area contributed by atoms with E-state index < -0.39 is 5.54 Å². The topological polar surface area (TPSA) is 46.2 Å². The fourth-order valence-electron chi connectivity index (χ4n) is 3.60. The van der Waals surface area contributed by atoms with Crippen LogP contribution in [0.5, 0.6) is 0 Å². The Hall–Kier alpha value is -1.12. The zero-order valence-corrected chi connectivity index (χ0v) is 15.6. The van der Waals surface area contributed by atoms with E-state index in [2.05, 4.69) is 37.3 Å². The lowest BCUT2D eigenvalue weighted by Crippen LogP contribution is -2.46. The maximum absolute atomic E-state index is 9.51. The lowest BCUT2D eigenvalue weighted by Gasteiger charge is -2.29. The molecule has 3 N–H and O–H groups in total. The molecule has 1 aromatic carbocycles. The number of rotatable bonds is 9. The molecule has 1 aromatic rings. The molecule has 0 radical (unpaired) electrons. The Labute approximate surface area is 148 Å². The molecule has 0 fully saturated rings. The van der Waals surface area contributed by atoms with Crippen LogP contribution in [0.4, 0.5) is 0 Å². The van der Waals surface area contributed by atoms with Crippen molar-refractivity contribution in [3.63, 3.8) is 0 Å². The minimum Gasteiger partial charge on any atom is -0.394 e. The fourth-order valence-corrected chi connectivity index (χ4v) is 3.60. The first-order chi connectivity index (χ1) is 11.6. The predicted molar refractivity (Wildman–Crippen MR) is 104 cm³/mol. The van der Waals surface area contributed by atoms with Gasteiger partial charge >= 0.3 is 0 Å². The van der Waals surface area contributed by atoms with Crippen LogP contribution >= 0.6 is 0 Å². The highest BCUT2D eigenvalue weighted by atomic mass is 16.3. The Morgan fingerprint density at radius 3 is 2.67 bits per heavy atom. The van der Waals surface area contributed by atoms with Crippen molar-refractivity contribution < 1.29 is 5.11 Å². The van der Waals surface area contributed by atoms with Crippen molar-refractivity contribution in [2.75, 3.05) is 6.61 Å². The van der Waals surface area contributed by atoms with Gasteiger partial charge in [-0.2, -0.15) is 0 Å². The molecule has 0 amide bonds. The minimum absolute atomic E-state index is 0.0294. The number of hydrogen-bond acceptors (Lipinski definition) is 2. The molecule has 1 unspecified atom stereocenters. The summed E-state index contributed by atoms with van der Waals surface area (Å²) in [7, 11) is 0. The minimum atomic E-state index is -0.528. The van der Waals surface area contributed by atoms with E-state index in [4.69, 9.17) is 5.73 Å². The Morgan fingerprint density at radius 2 is 1.92 bits per heavy atom. The number of nitrogens with two attached hydrogens (primary N) is 1. The van der Waals surface area contributed by atoms with Gasteiger partial charge in [0.2, 0.25) is 0 Å². The highest BCUT2D eigenvalue weighted by Gasteiger charge is 2.28. The van der Waals surface area contributed by atoms with E-state index in [-0.39, 0.29) is 12.5 Å². The molecule has 0 heterocycles. The van der Waals surface area contributed by atoms with Crippen molar-refractivity contribution in [3.05, 3.63) is 41.0 Å². The zero-order valence-electron chi connectivity index (χ0n) is 15.6. The molecule has 0 spiro atoms. The van der Waals surface area contributed by atoms with Gasteiger partial charge in [-0.3, -0.25) is 0 Å². The molecule has 2 nitrogen and oxygen atoms in total. The van der Waals surface area contributed by atoms with Gasteiger partial charge in [-0.15, -0.1) is 0 Å². The summed E-state index contributed by atoms with van der Waals surface area (Å²) in [5, 5.41) is 9.51. The van der Waals surface area contributed by atoms with E-state index in [0.29, 0.717) is 0 Å². The van der Waals surface area contributed by atoms with Gasteiger partial charge in [0, 0.05) is 5.54 Å². The van der Waals surface area contributed by atoms with Crippen LogP contribution in [0.1, 0.15) is 75.5 Å². The van der Waals surface area contributed by atoms with Gasteiger partial charge in [-0.1, -0.05) is 69.4 Å². The first kappa shape index (κ1) is 19.2. The number of aliphatic hydroxyl groups excluding tert-OH is 1. The lowest BCUT2D eigenvalue weighted by atomic mass is 9.84. The van der Waals surface area contributed by atoms with E-state index in [9.17, 15) is 5.11 Å². The van der Waals surface area contributed by atoms with Crippen LogP contribution in [0.15, 0.2) is 24.3 Å². The second-order valence-electron chi connectivity index (χ2n) is 7.72. The fraction of sp³-hybridized carbons (Fsp3) is 0.636. The standard InChI is InChI=1S/C22H35NO/c1-3-4-5-6-7-8-9-18-10-11-19-12-14-21(22(2,23)17-24)15-13-20(19)16-18/h10-12,14,16,21,24H,3-9,13,15,17,23H2,1-2H3/t21?,22-/m0/s1. The average molecular weight is 330 g/mol. The lowest BCUT2D eigenvalue weighted by molar-refractivity contribution is 0.170. The summed E-state index contributed by atoms with van der Waals surface area (Å²) in [6, 6.07) is 6.93. The van der Waals surface area contributed by atoms with Gasteiger partial charge in [0.05, 0.1) is 6.61 Å². The van der Waals surface area contributed by atoms with Crippen molar-refractivity contribution >= 4 is 6.08 Å². The van der Waals surface area contributed by atoms with Gasteiger partial charge in [0.1, 0.15) is 0 Å². The molecule has 24 heavy (non-hydrogen) atoms. The van der Waals surface area contributed by atoms with Crippen LogP contribution in [0.3, 0.4) is 0 Å². The third-order valence-corrected chi connectivity index (χ3v) is 5.45. The maximum atomic E-state index is 9.51. The van der Waals surface area contributed by atoms with Crippen LogP contribution in [0.25, 0.3) is 6.08 Å². The molecule has 1 aliphatic carbocycles. The number of aliphatic hydroxyl groups is 1. The van der Waals surface area contributed by atoms with Crippen molar-refractivity contribution in [2.45, 2.75) is 77.2 Å². The highest BCUT2D eigenvalue weighted by Crippen LogP contribution is 2.28.